The van der Waals surface area contributed by atoms with E-state index in [1.165, 1.54) is 11.1 Å². The average Bonchev–Trinajstić information content (AvgIpc) is 2.62. The number of nitrogens with zero attached hydrogens (tertiary/aromatic N) is 1. The van der Waals surface area contributed by atoms with Crippen LogP contribution in [0.2, 0.25) is 0 Å². The highest BCUT2D eigenvalue weighted by Gasteiger charge is 2.25. The highest BCUT2D eigenvalue weighted by molar-refractivity contribution is 6.03. The maximum atomic E-state index is 9.13. The minimum Gasteiger partial charge on any atom is -0.496 e. The third-order valence-electron chi connectivity index (χ3n) is 4.14. The molecule has 3 heteroatoms. The van der Waals surface area contributed by atoms with Crippen molar-refractivity contribution in [2.45, 2.75) is 18.8 Å². The lowest BCUT2D eigenvalue weighted by atomic mass is 9.78. The first-order valence-electron chi connectivity index (χ1n) is 7.44. The van der Waals surface area contributed by atoms with Gasteiger partial charge in [-0.05, 0) is 36.1 Å². The summed E-state index contributed by atoms with van der Waals surface area (Å²) in [5.41, 5.74) is 4.23. The van der Waals surface area contributed by atoms with Crippen LogP contribution in [-0.4, -0.2) is 18.0 Å². The molecule has 0 saturated carbocycles. The normalized spacial score (nSPS) is 19.8. The number of hydrogen-bond donors (Lipinski definition) is 1. The summed E-state index contributed by atoms with van der Waals surface area (Å²) in [4.78, 5) is 0. The topological polar surface area (TPSA) is 41.8 Å². The van der Waals surface area contributed by atoms with Gasteiger partial charge in [0.2, 0.25) is 0 Å². The van der Waals surface area contributed by atoms with Gasteiger partial charge in [-0.15, -0.1) is 0 Å². The van der Waals surface area contributed by atoms with Crippen molar-refractivity contribution in [2.24, 2.45) is 5.16 Å². The van der Waals surface area contributed by atoms with Crippen LogP contribution in [0.4, 0.5) is 0 Å². The lowest BCUT2D eigenvalue weighted by Gasteiger charge is -2.26. The highest BCUT2D eigenvalue weighted by Crippen LogP contribution is 2.42. The van der Waals surface area contributed by atoms with E-state index in [-0.39, 0.29) is 5.92 Å². The molecule has 1 aliphatic carbocycles. The Labute approximate surface area is 130 Å². The molecule has 0 bridgehead atoms. The predicted molar refractivity (Wildman–Crippen MR) is 88.6 cm³/mol. The molecule has 3 rings (SSSR count). The van der Waals surface area contributed by atoms with Gasteiger partial charge in [-0.1, -0.05) is 53.7 Å². The van der Waals surface area contributed by atoms with E-state index in [2.05, 4.69) is 23.4 Å². The number of rotatable bonds is 3. The predicted octanol–water partition coefficient (Wildman–Crippen LogP) is 4.49. The molecule has 22 heavy (non-hydrogen) atoms. The molecule has 0 unspecified atom stereocenters. The van der Waals surface area contributed by atoms with Gasteiger partial charge in [0.05, 0.1) is 12.8 Å². The summed E-state index contributed by atoms with van der Waals surface area (Å²) in [5.74, 6) is 1.14. The number of allylic oxidation sites excluding steroid dienone is 2. The number of ether oxygens (including phenoxy) is 1. The summed E-state index contributed by atoms with van der Waals surface area (Å²) in [5, 5.41) is 12.5. The lowest BCUT2D eigenvalue weighted by Crippen LogP contribution is -2.13. The van der Waals surface area contributed by atoms with E-state index in [1.54, 1.807) is 7.11 Å². The van der Waals surface area contributed by atoms with Crippen molar-refractivity contribution in [2.75, 3.05) is 7.11 Å². The third kappa shape index (κ3) is 2.75. The van der Waals surface area contributed by atoms with Gasteiger partial charge in [0.15, 0.2) is 0 Å². The second-order valence-electron chi connectivity index (χ2n) is 5.39. The van der Waals surface area contributed by atoms with Crippen molar-refractivity contribution in [1.82, 2.24) is 0 Å². The molecule has 0 heterocycles. The fourth-order valence-corrected chi connectivity index (χ4v) is 3.07. The Kier molecular flexibility index (Phi) is 4.24. The molecule has 0 saturated heterocycles. The maximum Gasteiger partial charge on any atom is 0.122 e. The van der Waals surface area contributed by atoms with Gasteiger partial charge in [0.25, 0.3) is 0 Å². The highest BCUT2D eigenvalue weighted by atomic mass is 16.5. The van der Waals surface area contributed by atoms with Crippen molar-refractivity contribution in [3.8, 4) is 5.75 Å². The number of oxime groups is 1. The molecular weight excluding hydrogens is 274 g/mol. The fraction of sp³-hybridized carbons (Fsp3) is 0.211. The van der Waals surface area contributed by atoms with Crippen LogP contribution in [0.3, 0.4) is 0 Å². The van der Waals surface area contributed by atoms with Gasteiger partial charge in [0, 0.05) is 11.5 Å². The summed E-state index contributed by atoms with van der Waals surface area (Å²) in [6, 6.07) is 18.4. The first kappa shape index (κ1) is 14.4. The number of methoxy groups -OCH3 is 1. The van der Waals surface area contributed by atoms with Crippen molar-refractivity contribution >= 4 is 11.3 Å². The summed E-state index contributed by atoms with van der Waals surface area (Å²) in [6.07, 6.45) is 3.66. The molecule has 1 N–H and O–H groups in total. The molecule has 0 aromatic heterocycles. The van der Waals surface area contributed by atoms with Gasteiger partial charge in [-0.2, -0.15) is 0 Å². The Balaban J connectivity index is 2.10. The summed E-state index contributed by atoms with van der Waals surface area (Å²) < 4.78 is 5.53. The van der Waals surface area contributed by atoms with Crippen molar-refractivity contribution in [3.05, 3.63) is 71.8 Å². The molecule has 0 radical (unpaired) electrons. The quantitative estimate of drug-likeness (QED) is 0.669. The first-order chi connectivity index (χ1) is 10.8. The van der Waals surface area contributed by atoms with Crippen LogP contribution in [0, 0.1) is 0 Å². The van der Waals surface area contributed by atoms with Crippen LogP contribution in [0.1, 0.15) is 29.9 Å². The minimum atomic E-state index is 0.240. The zero-order valence-corrected chi connectivity index (χ0v) is 12.6. The molecule has 2 aromatic carbocycles. The number of para-hydroxylation sites is 1. The number of benzene rings is 2. The monoisotopic (exact) mass is 293 g/mol. The Bertz CT molecular complexity index is 704. The van der Waals surface area contributed by atoms with E-state index in [4.69, 9.17) is 9.94 Å². The molecule has 0 amide bonds. The molecule has 2 aromatic rings. The second-order valence-corrected chi connectivity index (χ2v) is 5.39. The SMILES string of the molecule is COc1ccccc1[C@@H]1CC/C(=N/O)C=C1c1ccccc1. The van der Waals surface area contributed by atoms with Gasteiger partial charge in [0.1, 0.15) is 5.75 Å². The summed E-state index contributed by atoms with van der Waals surface area (Å²) >= 11 is 0. The first-order valence-corrected chi connectivity index (χ1v) is 7.44. The molecular formula is C19H19NO2. The fourth-order valence-electron chi connectivity index (χ4n) is 3.07. The Hall–Kier alpha value is -2.55. The van der Waals surface area contributed by atoms with Crippen molar-refractivity contribution < 1.29 is 9.94 Å². The van der Waals surface area contributed by atoms with Crippen LogP contribution < -0.4 is 4.74 Å². The molecule has 0 fully saturated rings. The second kappa shape index (κ2) is 6.48. The third-order valence-corrected chi connectivity index (χ3v) is 4.14. The van der Waals surface area contributed by atoms with Gasteiger partial charge >= 0.3 is 0 Å². The van der Waals surface area contributed by atoms with Gasteiger partial charge in [-0.25, -0.2) is 0 Å². The van der Waals surface area contributed by atoms with E-state index in [1.807, 2.05) is 42.5 Å². The summed E-state index contributed by atoms with van der Waals surface area (Å²) in [6.45, 7) is 0. The Morgan fingerprint density at radius 2 is 1.77 bits per heavy atom. The molecule has 1 aliphatic rings. The molecule has 1 atom stereocenters. The van der Waals surface area contributed by atoms with Gasteiger partial charge in [-0.3, -0.25) is 0 Å². The Morgan fingerprint density at radius 1 is 1.05 bits per heavy atom. The average molecular weight is 293 g/mol. The van der Waals surface area contributed by atoms with Crippen LogP contribution in [0.5, 0.6) is 5.75 Å². The van der Waals surface area contributed by atoms with Crippen LogP contribution >= 0.6 is 0 Å². The largest absolute Gasteiger partial charge is 0.496 e. The standard InChI is InChI=1S/C19H19NO2/c1-22-19-10-6-5-9-17(19)16-12-11-15(20-21)13-18(16)14-7-3-2-4-8-14/h2-10,13,16,21H,11-12H2,1H3/b20-15-/t16-/m0/s1. The zero-order chi connectivity index (χ0) is 15.4. The zero-order valence-electron chi connectivity index (χ0n) is 12.6. The number of hydrogen-bond acceptors (Lipinski definition) is 3. The minimum absolute atomic E-state index is 0.240. The van der Waals surface area contributed by atoms with E-state index in [0.717, 1.165) is 29.9 Å². The lowest BCUT2D eigenvalue weighted by molar-refractivity contribution is 0.317. The molecule has 0 aliphatic heterocycles. The molecule has 0 spiro atoms. The van der Waals surface area contributed by atoms with Gasteiger partial charge < -0.3 is 9.94 Å². The molecule has 112 valence electrons. The van der Waals surface area contributed by atoms with Crippen LogP contribution in [-0.2, 0) is 0 Å². The van der Waals surface area contributed by atoms with Crippen LogP contribution in [0.15, 0.2) is 65.8 Å². The van der Waals surface area contributed by atoms with E-state index < -0.39 is 0 Å². The van der Waals surface area contributed by atoms with Crippen molar-refractivity contribution in [1.29, 1.82) is 0 Å². The maximum absolute atomic E-state index is 9.13. The van der Waals surface area contributed by atoms with E-state index >= 15 is 0 Å². The van der Waals surface area contributed by atoms with E-state index in [0.29, 0.717) is 0 Å². The Morgan fingerprint density at radius 3 is 2.50 bits per heavy atom. The van der Waals surface area contributed by atoms with E-state index in [9.17, 15) is 0 Å². The molecule has 3 nitrogen and oxygen atoms in total. The smallest absolute Gasteiger partial charge is 0.122 e. The van der Waals surface area contributed by atoms with Crippen molar-refractivity contribution in [3.63, 3.8) is 0 Å². The summed E-state index contributed by atoms with van der Waals surface area (Å²) in [7, 11) is 1.70. The van der Waals surface area contributed by atoms with Crippen LogP contribution in [0.25, 0.3) is 5.57 Å².